The second kappa shape index (κ2) is 3.05. The summed E-state index contributed by atoms with van der Waals surface area (Å²) < 4.78 is 0. The van der Waals surface area contributed by atoms with Gasteiger partial charge in [-0.2, -0.15) is 0 Å². The molecule has 0 amide bonds. The Balaban J connectivity index is 2.30. The zero-order valence-electron chi connectivity index (χ0n) is 9.66. The van der Waals surface area contributed by atoms with Crippen molar-refractivity contribution in [1.29, 1.82) is 0 Å². The summed E-state index contributed by atoms with van der Waals surface area (Å²) in [5, 5.41) is 0. The summed E-state index contributed by atoms with van der Waals surface area (Å²) in [6.45, 7) is 6.08. The summed E-state index contributed by atoms with van der Waals surface area (Å²) in [6.07, 6.45) is 8.87. The number of hydrogen-bond donors (Lipinski definition) is 1. The van der Waals surface area contributed by atoms with E-state index in [-0.39, 0.29) is 22.8 Å². The molecule has 3 atom stereocenters. The zero-order valence-corrected chi connectivity index (χ0v) is 9.66. The van der Waals surface area contributed by atoms with Crippen LogP contribution in [0.3, 0.4) is 0 Å². The van der Waals surface area contributed by atoms with E-state index in [1.165, 1.54) is 0 Å². The van der Waals surface area contributed by atoms with Gasteiger partial charge in [0.05, 0.1) is 5.41 Å². The van der Waals surface area contributed by atoms with Crippen molar-refractivity contribution in [3.8, 4) is 0 Å². The van der Waals surface area contributed by atoms with E-state index in [2.05, 4.69) is 13.0 Å². The number of hydrogen-bond acceptors (Lipinski definition) is 2. The molecule has 2 nitrogen and oxygen atoms in total. The first kappa shape index (κ1) is 10.6. The smallest absolute Gasteiger partial charge is 0.150 e. The highest BCUT2D eigenvalue weighted by atomic mass is 16.1. The van der Waals surface area contributed by atoms with Crippen molar-refractivity contribution in [2.24, 2.45) is 22.5 Å². The Morgan fingerprint density at radius 3 is 2.67 bits per heavy atom. The Morgan fingerprint density at radius 1 is 1.47 bits per heavy atom. The standard InChI is InChI=1S/C13H19NO/c1-4-12(2,3)11(15)13-8-6-5-7-9(13)10(13)14/h5-10H,4,14H2,1-3H3. The van der Waals surface area contributed by atoms with E-state index < -0.39 is 0 Å². The molecule has 2 heteroatoms. The molecule has 0 aliphatic heterocycles. The van der Waals surface area contributed by atoms with Gasteiger partial charge in [0.1, 0.15) is 0 Å². The van der Waals surface area contributed by atoms with Crippen LogP contribution in [-0.2, 0) is 4.79 Å². The molecule has 3 unspecified atom stereocenters. The number of rotatable bonds is 3. The van der Waals surface area contributed by atoms with Gasteiger partial charge in [0, 0.05) is 17.4 Å². The van der Waals surface area contributed by atoms with Gasteiger partial charge in [-0.05, 0) is 6.42 Å². The van der Waals surface area contributed by atoms with Crippen molar-refractivity contribution >= 4 is 5.78 Å². The van der Waals surface area contributed by atoms with Crippen molar-refractivity contribution in [3.63, 3.8) is 0 Å². The van der Waals surface area contributed by atoms with E-state index >= 15 is 0 Å². The fourth-order valence-electron chi connectivity index (χ4n) is 2.49. The van der Waals surface area contributed by atoms with Crippen molar-refractivity contribution in [2.45, 2.75) is 33.2 Å². The molecule has 0 aromatic carbocycles. The molecule has 0 heterocycles. The molecule has 2 rings (SSSR count). The predicted molar refractivity (Wildman–Crippen MR) is 61.3 cm³/mol. The van der Waals surface area contributed by atoms with Gasteiger partial charge in [0.2, 0.25) is 0 Å². The first-order valence-corrected chi connectivity index (χ1v) is 5.63. The second-order valence-electron chi connectivity index (χ2n) is 5.30. The van der Waals surface area contributed by atoms with E-state index in [9.17, 15) is 4.79 Å². The molecule has 0 saturated heterocycles. The lowest BCUT2D eigenvalue weighted by Gasteiger charge is -2.26. The molecular weight excluding hydrogens is 186 g/mol. The van der Waals surface area contributed by atoms with Crippen LogP contribution < -0.4 is 5.73 Å². The fraction of sp³-hybridized carbons (Fsp3) is 0.615. The number of ketones is 1. The molecule has 2 N–H and O–H groups in total. The minimum absolute atomic E-state index is 0.00850. The SMILES string of the molecule is CCC(C)(C)C(=O)C12C=CC=CC1C2N. The molecule has 2 aliphatic rings. The minimum atomic E-state index is -0.381. The molecule has 0 bridgehead atoms. The van der Waals surface area contributed by atoms with Crippen LogP contribution in [0.1, 0.15) is 27.2 Å². The van der Waals surface area contributed by atoms with Gasteiger partial charge in [-0.3, -0.25) is 4.79 Å². The average molecular weight is 205 g/mol. The number of allylic oxidation sites excluding steroid dienone is 2. The molecule has 0 radical (unpaired) electrons. The molecule has 0 spiro atoms. The van der Waals surface area contributed by atoms with Crippen LogP contribution in [-0.4, -0.2) is 11.8 Å². The Kier molecular flexibility index (Phi) is 2.16. The Hall–Kier alpha value is -0.890. The average Bonchev–Trinajstić information content (AvgIpc) is 2.85. The van der Waals surface area contributed by atoms with E-state index in [1.807, 2.05) is 32.1 Å². The van der Waals surface area contributed by atoms with Gasteiger partial charge >= 0.3 is 0 Å². The number of carbonyl (C=O) groups is 1. The van der Waals surface area contributed by atoms with Gasteiger partial charge in [-0.15, -0.1) is 0 Å². The van der Waals surface area contributed by atoms with Gasteiger partial charge in [-0.25, -0.2) is 0 Å². The van der Waals surface area contributed by atoms with Gasteiger partial charge < -0.3 is 5.73 Å². The third-order valence-electron chi connectivity index (χ3n) is 4.07. The van der Waals surface area contributed by atoms with Crippen molar-refractivity contribution < 1.29 is 4.79 Å². The van der Waals surface area contributed by atoms with Crippen LogP contribution in [0.5, 0.6) is 0 Å². The molecule has 2 aliphatic carbocycles. The Bertz CT molecular complexity index is 354. The van der Waals surface area contributed by atoms with Crippen molar-refractivity contribution in [2.75, 3.05) is 0 Å². The highest BCUT2D eigenvalue weighted by Gasteiger charge is 2.67. The highest BCUT2D eigenvalue weighted by Crippen LogP contribution is 2.58. The number of carbonyl (C=O) groups excluding carboxylic acids is 1. The van der Waals surface area contributed by atoms with E-state index in [4.69, 9.17) is 5.73 Å². The monoisotopic (exact) mass is 205 g/mol. The first-order valence-electron chi connectivity index (χ1n) is 5.63. The van der Waals surface area contributed by atoms with E-state index in [0.717, 1.165) is 6.42 Å². The van der Waals surface area contributed by atoms with Crippen molar-refractivity contribution in [3.05, 3.63) is 24.3 Å². The molecule has 1 fully saturated rings. The largest absolute Gasteiger partial charge is 0.326 e. The third kappa shape index (κ3) is 1.24. The van der Waals surface area contributed by atoms with Crippen LogP contribution in [0, 0.1) is 16.7 Å². The summed E-state index contributed by atoms with van der Waals surface area (Å²) in [5.41, 5.74) is 5.39. The van der Waals surface area contributed by atoms with Crippen molar-refractivity contribution in [1.82, 2.24) is 0 Å². The van der Waals surface area contributed by atoms with Crippen LogP contribution in [0.4, 0.5) is 0 Å². The number of Topliss-reactive ketones (excluding diaryl/α,β-unsaturated/α-hetero) is 1. The van der Waals surface area contributed by atoms with Crippen LogP contribution in [0.15, 0.2) is 24.3 Å². The molecule has 0 aromatic rings. The summed E-state index contributed by atoms with van der Waals surface area (Å²) in [5.74, 6) is 0.538. The van der Waals surface area contributed by atoms with E-state index in [1.54, 1.807) is 0 Å². The maximum Gasteiger partial charge on any atom is 0.150 e. The normalized spacial score (nSPS) is 37.6. The van der Waals surface area contributed by atoms with Gasteiger partial charge in [-0.1, -0.05) is 45.1 Å². The summed E-state index contributed by atoms with van der Waals surface area (Å²) >= 11 is 0. The van der Waals surface area contributed by atoms with Crippen LogP contribution >= 0.6 is 0 Å². The molecule has 15 heavy (non-hydrogen) atoms. The topological polar surface area (TPSA) is 43.1 Å². The maximum absolute atomic E-state index is 12.5. The Morgan fingerprint density at radius 2 is 2.13 bits per heavy atom. The molecule has 1 saturated carbocycles. The Labute approximate surface area is 91.2 Å². The lowest BCUT2D eigenvalue weighted by molar-refractivity contribution is -0.131. The molecule has 82 valence electrons. The summed E-state index contributed by atoms with van der Waals surface area (Å²) in [4.78, 5) is 12.5. The van der Waals surface area contributed by atoms with Crippen LogP contribution in [0.2, 0.25) is 0 Å². The summed E-state index contributed by atoms with van der Waals surface area (Å²) in [6, 6.07) is -0.00850. The number of fused-ring (bicyclic) bond motifs is 1. The fourth-order valence-corrected chi connectivity index (χ4v) is 2.49. The highest BCUT2D eigenvalue weighted by molar-refractivity contribution is 5.96. The molecule has 0 aromatic heterocycles. The quantitative estimate of drug-likeness (QED) is 0.766. The van der Waals surface area contributed by atoms with Crippen LogP contribution in [0.25, 0.3) is 0 Å². The summed E-state index contributed by atoms with van der Waals surface area (Å²) in [7, 11) is 0. The maximum atomic E-state index is 12.5. The first-order chi connectivity index (χ1) is 6.97. The predicted octanol–water partition coefficient (Wildman–Crippen LogP) is 2.06. The van der Waals surface area contributed by atoms with Gasteiger partial charge in [0.15, 0.2) is 5.78 Å². The minimum Gasteiger partial charge on any atom is -0.326 e. The van der Waals surface area contributed by atoms with Gasteiger partial charge in [0.25, 0.3) is 0 Å². The lowest BCUT2D eigenvalue weighted by Crippen LogP contribution is -2.35. The molecular formula is C13H19NO. The second-order valence-corrected chi connectivity index (χ2v) is 5.30. The van der Waals surface area contributed by atoms with E-state index in [0.29, 0.717) is 5.78 Å². The number of nitrogens with two attached hydrogens (primary N) is 1. The third-order valence-corrected chi connectivity index (χ3v) is 4.07. The lowest BCUT2D eigenvalue weighted by atomic mass is 9.75. The zero-order chi connectivity index (χ0) is 11.3.